The number of ether oxygens (including phenoxy) is 1. The lowest BCUT2D eigenvalue weighted by Crippen LogP contribution is -2.07. The summed E-state index contributed by atoms with van der Waals surface area (Å²) in [5.41, 5.74) is -0.623. The van der Waals surface area contributed by atoms with Crippen molar-refractivity contribution in [2.24, 2.45) is 0 Å². The predicted molar refractivity (Wildman–Crippen MR) is 86.1 cm³/mol. The van der Waals surface area contributed by atoms with E-state index in [9.17, 15) is 9.18 Å². The third-order valence-electron chi connectivity index (χ3n) is 3.67. The van der Waals surface area contributed by atoms with Crippen molar-refractivity contribution in [3.05, 3.63) is 40.2 Å². The number of unbranched alkanes of at least 4 members (excludes halogenated alkanes) is 3. The molecule has 0 radical (unpaired) electrons. The lowest BCUT2D eigenvalue weighted by atomic mass is 10.1. The zero-order valence-corrected chi connectivity index (χ0v) is 13.3. The van der Waals surface area contributed by atoms with Gasteiger partial charge in [0.2, 0.25) is 0 Å². The first-order chi connectivity index (χ1) is 10.7. The fraction of sp³-hybridized carbons (Fsp3) is 0.500. The molecule has 0 saturated heterocycles. The summed E-state index contributed by atoms with van der Waals surface area (Å²) in [5.74, 6) is 0.111. The summed E-state index contributed by atoms with van der Waals surface area (Å²) in [6.07, 6.45) is 5.67. The molecule has 0 amide bonds. The molecule has 0 N–H and O–H groups in total. The van der Waals surface area contributed by atoms with Crippen LogP contribution in [0.2, 0.25) is 0 Å². The number of rotatable bonds is 8. The lowest BCUT2D eigenvalue weighted by Gasteiger charge is -2.09. The summed E-state index contributed by atoms with van der Waals surface area (Å²) >= 11 is 0. The molecule has 1 heterocycles. The van der Waals surface area contributed by atoms with Gasteiger partial charge in [-0.1, -0.05) is 39.2 Å². The summed E-state index contributed by atoms with van der Waals surface area (Å²) in [7, 11) is 0. The van der Waals surface area contributed by atoms with E-state index in [0.29, 0.717) is 24.2 Å². The highest BCUT2D eigenvalue weighted by Crippen LogP contribution is 2.25. The van der Waals surface area contributed by atoms with Crippen molar-refractivity contribution in [3.8, 4) is 5.75 Å². The molecule has 0 fully saturated rings. The van der Waals surface area contributed by atoms with Crippen molar-refractivity contribution in [1.29, 1.82) is 0 Å². The summed E-state index contributed by atoms with van der Waals surface area (Å²) in [4.78, 5) is 12.1. The standard InChI is InChI=1S/C18H23FO3/c1-3-5-7-8-14-12-13-9-10-15(21-11-6-4-2)17(19)16(13)18(20)22-14/h9-10,12H,3-8,11H2,1-2H3. The average molecular weight is 306 g/mol. The van der Waals surface area contributed by atoms with E-state index in [0.717, 1.165) is 32.1 Å². The number of fused-ring (bicyclic) bond motifs is 1. The van der Waals surface area contributed by atoms with Gasteiger partial charge in [0.1, 0.15) is 11.1 Å². The van der Waals surface area contributed by atoms with E-state index in [-0.39, 0.29) is 11.1 Å². The van der Waals surface area contributed by atoms with Crippen molar-refractivity contribution in [3.63, 3.8) is 0 Å². The summed E-state index contributed by atoms with van der Waals surface area (Å²) < 4.78 is 25.1. The molecule has 0 bridgehead atoms. The maximum absolute atomic E-state index is 14.4. The van der Waals surface area contributed by atoms with E-state index in [2.05, 4.69) is 6.92 Å². The molecule has 2 aromatic rings. The molecular weight excluding hydrogens is 283 g/mol. The molecule has 2 rings (SSSR count). The van der Waals surface area contributed by atoms with Crippen LogP contribution in [0, 0.1) is 5.82 Å². The fourth-order valence-corrected chi connectivity index (χ4v) is 2.38. The van der Waals surface area contributed by atoms with Gasteiger partial charge in [0.05, 0.1) is 6.61 Å². The molecule has 0 spiro atoms. The molecule has 0 saturated carbocycles. The minimum Gasteiger partial charge on any atom is -0.490 e. The second-order valence-electron chi connectivity index (χ2n) is 5.50. The van der Waals surface area contributed by atoms with Crippen LogP contribution in [-0.4, -0.2) is 6.61 Å². The van der Waals surface area contributed by atoms with Gasteiger partial charge in [0, 0.05) is 6.42 Å². The second kappa shape index (κ2) is 7.97. The molecule has 0 atom stereocenters. The van der Waals surface area contributed by atoms with Crippen molar-refractivity contribution in [2.75, 3.05) is 6.61 Å². The third kappa shape index (κ3) is 3.87. The molecule has 0 aliphatic rings. The highest BCUT2D eigenvalue weighted by atomic mass is 19.1. The quantitative estimate of drug-likeness (QED) is 0.655. The van der Waals surface area contributed by atoms with E-state index < -0.39 is 11.4 Å². The first kappa shape index (κ1) is 16.5. The van der Waals surface area contributed by atoms with Crippen LogP contribution >= 0.6 is 0 Å². The maximum atomic E-state index is 14.4. The van der Waals surface area contributed by atoms with Gasteiger partial charge in [-0.2, -0.15) is 0 Å². The van der Waals surface area contributed by atoms with Gasteiger partial charge in [-0.3, -0.25) is 0 Å². The summed E-state index contributed by atoms with van der Waals surface area (Å²) in [6.45, 7) is 4.60. The van der Waals surface area contributed by atoms with Gasteiger partial charge in [-0.15, -0.1) is 0 Å². The number of hydrogen-bond acceptors (Lipinski definition) is 3. The van der Waals surface area contributed by atoms with Crippen molar-refractivity contribution >= 4 is 10.8 Å². The molecule has 4 heteroatoms. The van der Waals surface area contributed by atoms with Gasteiger partial charge in [-0.25, -0.2) is 9.18 Å². The first-order valence-electron chi connectivity index (χ1n) is 8.05. The lowest BCUT2D eigenvalue weighted by molar-refractivity contribution is 0.295. The molecule has 120 valence electrons. The predicted octanol–water partition coefficient (Wildman–Crippen LogP) is 4.84. The monoisotopic (exact) mass is 306 g/mol. The Morgan fingerprint density at radius 2 is 1.91 bits per heavy atom. The normalized spacial score (nSPS) is 11.0. The Kier molecular flexibility index (Phi) is 5.99. The van der Waals surface area contributed by atoms with Gasteiger partial charge in [-0.05, 0) is 30.4 Å². The van der Waals surface area contributed by atoms with Gasteiger partial charge >= 0.3 is 5.63 Å². The number of halogens is 1. The van der Waals surface area contributed by atoms with E-state index in [4.69, 9.17) is 9.15 Å². The van der Waals surface area contributed by atoms with Crippen molar-refractivity contribution < 1.29 is 13.5 Å². The average Bonchev–Trinajstić information content (AvgIpc) is 2.49. The molecule has 0 aliphatic carbocycles. The molecule has 0 unspecified atom stereocenters. The minimum absolute atomic E-state index is 0.0201. The summed E-state index contributed by atoms with van der Waals surface area (Å²) in [6, 6.07) is 5.06. The Hall–Kier alpha value is -1.84. The topological polar surface area (TPSA) is 39.4 Å². The largest absolute Gasteiger partial charge is 0.490 e. The van der Waals surface area contributed by atoms with Crippen LogP contribution in [-0.2, 0) is 6.42 Å². The maximum Gasteiger partial charge on any atom is 0.346 e. The van der Waals surface area contributed by atoms with Crippen LogP contribution < -0.4 is 10.4 Å². The second-order valence-corrected chi connectivity index (χ2v) is 5.50. The SMILES string of the molecule is CCCCCc1cc2ccc(OCCCC)c(F)c2c(=O)o1. The van der Waals surface area contributed by atoms with Gasteiger partial charge in [0.25, 0.3) is 0 Å². The molecular formula is C18H23FO3. The Morgan fingerprint density at radius 1 is 1.14 bits per heavy atom. The Morgan fingerprint density at radius 3 is 2.64 bits per heavy atom. The van der Waals surface area contributed by atoms with Crippen LogP contribution in [0.3, 0.4) is 0 Å². The molecule has 22 heavy (non-hydrogen) atoms. The third-order valence-corrected chi connectivity index (χ3v) is 3.67. The van der Waals surface area contributed by atoms with Crippen molar-refractivity contribution in [1.82, 2.24) is 0 Å². The van der Waals surface area contributed by atoms with Crippen LogP contribution in [0.15, 0.2) is 27.4 Å². The highest BCUT2D eigenvalue weighted by molar-refractivity contribution is 5.83. The van der Waals surface area contributed by atoms with Gasteiger partial charge in [0.15, 0.2) is 11.6 Å². The molecule has 0 aliphatic heterocycles. The molecule has 3 nitrogen and oxygen atoms in total. The Bertz CT molecular complexity index is 676. The van der Waals surface area contributed by atoms with E-state index in [1.54, 1.807) is 18.2 Å². The summed E-state index contributed by atoms with van der Waals surface area (Å²) in [5, 5.41) is 0.552. The number of hydrogen-bond donors (Lipinski definition) is 0. The zero-order chi connectivity index (χ0) is 15.9. The smallest absolute Gasteiger partial charge is 0.346 e. The van der Waals surface area contributed by atoms with Gasteiger partial charge < -0.3 is 9.15 Å². The Labute approximate surface area is 130 Å². The van der Waals surface area contributed by atoms with E-state index in [1.807, 2.05) is 6.92 Å². The minimum atomic E-state index is -0.623. The highest BCUT2D eigenvalue weighted by Gasteiger charge is 2.14. The molecule has 1 aromatic carbocycles. The Balaban J connectivity index is 2.29. The number of benzene rings is 1. The number of aryl methyl sites for hydroxylation is 1. The van der Waals surface area contributed by atoms with Crippen LogP contribution in [0.5, 0.6) is 5.75 Å². The van der Waals surface area contributed by atoms with Crippen LogP contribution in [0.25, 0.3) is 10.8 Å². The zero-order valence-electron chi connectivity index (χ0n) is 13.3. The van der Waals surface area contributed by atoms with E-state index >= 15 is 0 Å². The fourth-order valence-electron chi connectivity index (χ4n) is 2.38. The first-order valence-corrected chi connectivity index (χ1v) is 8.05. The molecule has 1 aromatic heterocycles. The van der Waals surface area contributed by atoms with E-state index in [1.165, 1.54) is 0 Å². The van der Waals surface area contributed by atoms with Crippen LogP contribution in [0.4, 0.5) is 4.39 Å². The van der Waals surface area contributed by atoms with Crippen LogP contribution in [0.1, 0.15) is 51.7 Å². The van der Waals surface area contributed by atoms with Crippen molar-refractivity contribution in [2.45, 2.75) is 52.4 Å².